The quantitative estimate of drug-likeness (QED) is 0.229. The van der Waals surface area contributed by atoms with Crippen molar-refractivity contribution >= 4 is 51.4 Å². The molecule has 210 valence electrons. The van der Waals surface area contributed by atoms with Gasteiger partial charge in [-0.05, 0) is 59.8 Å². The zero-order valence-electron chi connectivity index (χ0n) is 22.1. The number of ether oxygens (including phenoxy) is 5. The summed E-state index contributed by atoms with van der Waals surface area (Å²) in [5, 5.41) is 15.5. The van der Waals surface area contributed by atoms with E-state index in [0.29, 0.717) is 44.5 Å². The minimum absolute atomic E-state index is 0.0559. The molecule has 5 rings (SSSR count). The highest BCUT2D eigenvalue weighted by Gasteiger charge is 2.36. The zero-order valence-corrected chi connectivity index (χ0v) is 23.7. The number of hydrogen-bond donors (Lipinski definition) is 1. The molecular formula is C29H25ClN4O6S. The van der Waals surface area contributed by atoms with Gasteiger partial charge in [0.1, 0.15) is 30.6 Å². The van der Waals surface area contributed by atoms with E-state index in [2.05, 4.69) is 10.1 Å². The fourth-order valence-corrected chi connectivity index (χ4v) is 4.99. The predicted molar refractivity (Wildman–Crippen MR) is 159 cm³/mol. The van der Waals surface area contributed by atoms with Gasteiger partial charge in [-0.3, -0.25) is 10.2 Å². The molecule has 12 heteroatoms. The molecule has 0 saturated carbocycles. The maximum atomic E-state index is 12.9. The Kier molecular flexibility index (Phi) is 8.76. The molecule has 0 unspecified atom stereocenters. The molecule has 3 aromatic rings. The minimum Gasteiger partial charge on any atom is -0.493 e. The van der Waals surface area contributed by atoms with Crippen molar-refractivity contribution in [2.45, 2.75) is 0 Å². The van der Waals surface area contributed by atoms with Crippen molar-refractivity contribution < 1.29 is 28.5 Å². The van der Waals surface area contributed by atoms with Crippen LogP contribution in [0, 0.1) is 5.41 Å². The third kappa shape index (κ3) is 6.47. The number of hydrogen-bond acceptors (Lipinski definition) is 9. The lowest BCUT2D eigenvalue weighted by Gasteiger charge is -2.20. The number of rotatable bonds is 11. The number of nitrogens with one attached hydrogen (secondary N) is 1. The molecular weight excluding hydrogens is 568 g/mol. The minimum atomic E-state index is -0.557. The third-order valence-corrected chi connectivity index (χ3v) is 6.98. The Balaban J connectivity index is 1.27. The molecule has 0 radical (unpaired) electrons. The lowest BCUT2D eigenvalue weighted by molar-refractivity contribution is -0.114. The van der Waals surface area contributed by atoms with E-state index in [4.69, 9.17) is 40.7 Å². The third-order valence-electron chi connectivity index (χ3n) is 5.82. The normalized spacial score (nSPS) is 15.3. The Morgan fingerprint density at radius 1 is 0.927 bits per heavy atom. The van der Waals surface area contributed by atoms with Gasteiger partial charge in [-0.15, -0.1) is 0 Å². The SMILES string of the molecule is COc1ccccc1OCCOc1c(Cl)cc(/C=C2/C(=N)N3N=C(COc4ccccc4)SC3=NC2=O)cc1OC. The molecule has 2 aliphatic rings. The van der Waals surface area contributed by atoms with E-state index in [-0.39, 0.29) is 36.3 Å². The number of hydrazone groups is 1. The van der Waals surface area contributed by atoms with Gasteiger partial charge in [-0.2, -0.15) is 15.1 Å². The van der Waals surface area contributed by atoms with Gasteiger partial charge in [0.05, 0.1) is 24.8 Å². The molecule has 41 heavy (non-hydrogen) atoms. The Labute approximate surface area is 245 Å². The standard InChI is InChI=1S/C29H25ClN4O6S/c1-36-22-10-6-7-11-23(22)38-12-13-39-26-21(30)15-18(16-24(26)37-2)14-20-27(31)34-29(32-28(20)35)41-25(33-34)17-40-19-8-4-3-5-9-19/h3-11,14-16,31H,12-13,17H2,1-2H3/b20-14-,31-27?. The van der Waals surface area contributed by atoms with Crippen LogP contribution in [0.15, 0.2) is 82.4 Å². The van der Waals surface area contributed by atoms with Crippen LogP contribution in [0.5, 0.6) is 28.7 Å². The van der Waals surface area contributed by atoms with Crippen molar-refractivity contribution in [3.05, 3.63) is 82.9 Å². The summed E-state index contributed by atoms with van der Waals surface area (Å²) in [5.41, 5.74) is 0.583. The van der Waals surface area contributed by atoms with Gasteiger partial charge < -0.3 is 23.7 Å². The number of carbonyl (C=O) groups excluding carboxylic acids is 1. The van der Waals surface area contributed by atoms with E-state index in [1.807, 2.05) is 42.5 Å². The smallest absolute Gasteiger partial charge is 0.283 e. The van der Waals surface area contributed by atoms with E-state index in [1.54, 1.807) is 31.4 Å². The Hall–Kier alpha value is -4.48. The van der Waals surface area contributed by atoms with Crippen LogP contribution < -0.4 is 23.7 Å². The summed E-state index contributed by atoms with van der Waals surface area (Å²) in [4.78, 5) is 17.0. The van der Waals surface area contributed by atoms with Gasteiger partial charge in [0.25, 0.3) is 5.91 Å². The van der Waals surface area contributed by atoms with E-state index in [0.717, 1.165) is 0 Å². The Bertz CT molecular complexity index is 1560. The first-order valence-electron chi connectivity index (χ1n) is 12.4. The number of nitrogens with zero attached hydrogens (tertiary/aromatic N) is 3. The summed E-state index contributed by atoms with van der Waals surface area (Å²) in [6, 6.07) is 19.9. The van der Waals surface area contributed by atoms with Gasteiger partial charge in [0, 0.05) is 0 Å². The fourth-order valence-electron chi connectivity index (χ4n) is 3.92. The van der Waals surface area contributed by atoms with Crippen molar-refractivity contribution in [2.24, 2.45) is 10.1 Å². The van der Waals surface area contributed by atoms with Crippen molar-refractivity contribution in [1.29, 1.82) is 5.41 Å². The number of benzene rings is 3. The first-order valence-corrected chi connectivity index (χ1v) is 13.6. The van der Waals surface area contributed by atoms with Crippen LogP contribution in [-0.2, 0) is 4.79 Å². The van der Waals surface area contributed by atoms with E-state index < -0.39 is 5.91 Å². The summed E-state index contributed by atoms with van der Waals surface area (Å²) >= 11 is 7.72. The molecule has 0 fully saturated rings. The molecule has 1 N–H and O–H groups in total. The molecule has 2 aliphatic heterocycles. The van der Waals surface area contributed by atoms with Gasteiger partial charge in [0.2, 0.25) is 5.17 Å². The second-order valence-electron chi connectivity index (χ2n) is 8.50. The molecule has 0 saturated heterocycles. The van der Waals surface area contributed by atoms with Gasteiger partial charge in [-0.1, -0.05) is 41.9 Å². The number of fused-ring (bicyclic) bond motifs is 1. The number of halogens is 1. The number of para-hydroxylation sites is 3. The van der Waals surface area contributed by atoms with Crippen LogP contribution in [0.4, 0.5) is 0 Å². The molecule has 0 atom stereocenters. The van der Waals surface area contributed by atoms with E-state index in [1.165, 1.54) is 30.0 Å². The van der Waals surface area contributed by atoms with Crippen LogP contribution in [0.3, 0.4) is 0 Å². The van der Waals surface area contributed by atoms with Gasteiger partial charge >= 0.3 is 0 Å². The molecule has 2 heterocycles. The predicted octanol–water partition coefficient (Wildman–Crippen LogP) is 5.51. The lowest BCUT2D eigenvalue weighted by Crippen LogP contribution is -2.35. The maximum absolute atomic E-state index is 12.9. The van der Waals surface area contributed by atoms with E-state index >= 15 is 0 Å². The topological polar surface area (TPSA) is 115 Å². The molecule has 0 bridgehead atoms. The summed E-state index contributed by atoms with van der Waals surface area (Å²) in [6.07, 6.45) is 1.52. The Morgan fingerprint density at radius 3 is 2.39 bits per heavy atom. The van der Waals surface area contributed by atoms with Crippen molar-refractivity contribution in [3.8, 4) is 28.7 Å². The number of aliphatic imine (C=N–C) groups is 1. The highest BCUT2D eigenvalue weighted by atomic mass is 35.5. The molecule has 10 nitrogen and oxygen atoms in total. The summed E-state index contributed by atoms with van der Waals surface area (Å²) < 4.78 is 28.1. The van der Waals surface area contributed by atoms with Crippen molar-refractivity contribution in [1.82, 2.24) is 5.01 Å². The second kappa shape index (κ2) is 12.8. The first kappa shape index (κ1) is 28.1. The van der Waals surface area contributed by atoms with Gasteiger partial charge in [0.15, 0.2) is 28.8 Å². The number of thioether (sulfide) groups is 1. The number of methoxy groups -OCH3 is 2. The zero-order chi connectivity index (χ0) is 28.8. The van der Waals surface area contributed by atoms with Crippen molar-refractivity contribution in [2.75, 3.05) is 34.0 Å². The molecule has 0 aliphatic carbocycles. The average molecular weight is 593 g/mol. The summed E-state index contributed by atoms with van der Waals surface area (Å²) in [7, 11) is 3.06. The van der Waals surface area contributed by atoms with Crippen LogP contribution in [0.1, 0.15) is 5.56 Å². The molecule has 1 amide bonds. The highest BCUT2D eigenvalue weighted by Crippen LogP contribution is 2.38. The Morgan fingerprint density at radius 2 is 1.63 bits per heavy atom. The maximum Gasteiger partial charge on any atom is 0.283 e. The fraction of sp³-hybridized carbons (Fsp3) is 0.172. The van der Waals surface area contributed by atoms with Crippen molar-refractivity contribution in [3.63, 3.8) is 0 Å². The first-order chi connectivity index (χ1) is 20.0. The number of carbonyl (C=O) groups is 1. The summed E-state index contributed by atoms with van der Waals surface area (Å²) in [6.45, 7) is 0.615. The monoisotopic (exact) mass is 592 g/mol. The van der Waals surface area contributed by atoms with Gasteiger partial charge in [-0.25, -0.2) is 0 Å². The molecule has 0 spiro atoms. The highest BCUT2D eigenvalue weighted by molar-refractivity contribution is 8.27. The lowest BCUT2D eigenvalue weighted by atomic mass is 10.1. The molecule has 0 aromatic heterocycles. The second-order valence-corrected chi connectivity index (χ2v) is 9.95. The van der Waals surface area contributed by atoms with Crippen LogP contribution in [0.2, 0.25) is 5.02 Å². The van der Waals surface area contributed by atoms with Crippen LogP contribution >= 0.6 is 23.4 Å². The number of amidine groups is 2. The number of amides is 1. The van der Waals surface area contributed by atoms with Crippen LogP contribution in [-0.4, -0.2) is 61.0 Å². The average Bonchev–Trinajstić information content (AvgIpc) is 3.40. The van der Waals surface area contributed by atoms with Crippen LogP contribution in [0.25, 0.3) is 6.08 Å². The molecule has 3 aromatic carbocycles. The largest absolute Gasteiger partial charge is 0.493 e. The summed E-state index contributed by atoms with van der Waals surface area (Å²) in [5.74, 6) is 1.93. The van der Waals surface area contributed by atoms with E-state index in [9.17, 15) is 4.79 Å².